The van der Waals surface area contributed by atoms with Crippen molar-refractivity contribution in [1.82, 2.24) is 15.3 Å². The molecule has 3 rings (SSSR count). The summed E-state index contributed by atoms with van der Waals surface area (Å²) >= 11 is 6.28. The molecule has 33 heavy (non-hydrogen) atoms. The van der Waals surface area contributed by atoms with E-state index in [4.69, 9.17) is 25.8 Å². The van der Waals surface area contributed by atoms with Gasteiger partial charge in [-0.2, -0.15) is 13.2 Å². The molecule has 1 aromatic heterocycles. The molecule has 11 heteroatoms. The van der Waals surface area contributed by atoms with E-state index >= 15 is 0 Å². The summed E-state index contributed by atoms with van der Waals surface area (Å²) in [6, 6.07) is 4.61. The molecule has 1 fully saturated rings. The molecular formula is C22H25ClF3N3O4. The maximum Gasteiger partial charge on any atom is 0.416 e. The topological polar surface area (TPSA) is 82.6 Å². The standard InChI is InChI=1S/C22H25ClF3N3O4/c1-13(29-14(2)30)9-31-18-7-16(8-18)11-33-21-19(23)20(27-12-28-21)32-10-15-3-5-17(6-4-15)22(24,25)26/h3-6,12-13,16,18H,7-11H2,1-2H3,(H,29,30)/t13-,16-,18-/m0/s1. The Bertz CT molecular complexity index is 937. The fourth-order valence-electron chi connectivity index (χ4n) is 3.29. The molecule has 0 saturated heterocycles. The van der Waals surface area contributed by atoms with E-state index in [-0.39, 0.29) is 47.4 Å². The number of alkyl halides is 3. The average molecular weight is 488 g/mol. The van der Waals surface area contributed by atoms with E-state index in [0.717, 1.165) is 25.0 Å². The van der Waals surface area contributed by atoms with Crippen LogP contribution in [0.25, 0.3) is 0 Å². The molecule has 1 aromatic carbocycles. The zero-order valence-electron chi connectivity index (χ0n) is 18.2. The minimum atomic E-state index is -4.39. The van der Waals surface area contributed by atoms with Gasteiger partial charge in [-0.3, -0.25) is 4.79 Å². The highest BCUT2D eigenvalue weighted by atomic mass is 35.5. The van der Waals surface area contributed by atoms with Gasteiger partial charge in [-0.05, 0) is 43.4 Å². The van der Waals surface area contributed by atoms with Crippen molar-refractivity contribution in [2.75, 3.05) is 13.2 Å². The van der Waals surface area contributed by atoms with Crippen LogP contribution in [-0.2, 0) is 22.3 Å². The molecule has 1 aliphatic carbocycles. The highest BCUT2D eigenvalue weighted by molar-refractivity contribution is 6.33. The predicted molar refractivity (Wildman–Crippen MR) is 114 cm³/mol. The van der Waals surface area contributed by atoms with Gasteiger partial charge in [-0.25, -0.2) is 9.97 Å². The minimum Gasteiger partial charge on any atom is -0.476 e. The lowest BCUT2D eigenvalue weighted by Crippen LogP contribution is -2.40. The van der Waals surface area contributed by atoms with Gasteiger partial charge < -0.3 is 19.5 Å². The summed E-state index contributed by atoms with van der Waals surface area (Å²) in [5, 5.41) is 2.87. The van der Waals surface area contributed by atoms with E-state index in [0.29, 0.717) is 18.8 Å². The molecule has 0 spiro atoms. The summed E-state index contributed by atoms with van der Waals surface area (Å²) < 4.78 is 55.0. The van der Waals surface area contributed by atoms with Crippen LogP contribution in [0.4, 0.5) is 13.2 Å². The number of ether oxygens (including phenoxy) is 3. The summed E-state index contributed by atoms with van der Waals surface area (Å²) in [6.07, 6.45) is -1.36. The number of benzene rings is 1. The normalized spacial score (nSPS) is 18.8. The SMILES string of the molecule is CC(=O)N[C@@H](C)CO[C@H]1C[C@H](COc2ncnc(OCc3ccc(C(F)(F)F)cc3)c2Cl)C1. The van der Waals surface area contributed by atoms with Crippen LogP contribution in [0, 0.1) is 5.92 Å². The molecule has 1 aliphatic rings. The number of carbonyl (C=O) groups excluding carboxylic acids is 1. The van der Waals surface area contributed by atoms with Crippen molar-refractivity contribution in [3.8, 4) is 11.8 Å². The first kappa shape index (κ1) is 25.0. The number of hydrogen-bond donors (Lipinski definition) is 1. The van der Waals surface area contributed by atoms with E-state index in [1.807, 2.05) is 6.92 Å². The average Bonchev–Trinajstić information content (AvgIpc) is 2.71. The minimum absolute atomic E-state index is 0.00708. The Hall–Kier alpha value is -2.59. The van der Waals surface area contributed by atoms with Crippen molar-refractivity contribution in [3.63, 3.8) is 0 Å². The molecule has 1 atom stereocenters. The van der Waals surface area contributed by atoms with Crippen molar-refractivity contribution in [3.05, 3.63) is 46.7 Å². The Balaban J connectivity index is 1.43. The molecule has 1 N–H and O–H groups in total. The van der Waals surface area contributed by atoms with Gasteiger partial charge in [-0.1, -0.05) is 23.7 Å². The van der Waals surface area contributed by atoms with Crippen LogP contribution in [-0.4, -0.2) is 41.2 Å². The summed E-state index contributed by atoms with van der Waals surface area (Å²) in [7, 11) is 0. The van der Waals surface area contributed by atoms with Gasteiger partial charge in [0, 0.05) is 13.0 Å². The number of nitrogens with zero attached hydrogens (tertiary/aromatic N) is 2. The van der Waals surface area contributed by atoms with Crippen LogP contribution < -0.4 is 14.8 Å². The third-order valence-electron chi connectivity index (χ3n) is 5.06. The van der Waals surface area contributed by atoms with E-state index in [1.54, 1.807) is 0 Å². The largest absolute Gasteiger partial charge is 0.476 e. The zero-order valence-corrected chi connectivity index (χ0v) is 18.9. The van der Waals surface area contributed by atoms with Gasteiger partial charge in [0.15, 0.2) is 5.02 Å². The number of hydrogen-bond acceptors (Lipinski definition) is 6. The van der Waals surface area contributed by atoms with Crippen LogP contribution >= 0.6 is 11.6 Å². The van der Waals surface area contributed by atoms with Crippen LogP contribution in [0.5, 0.6) is 11.8 Å². The fourth-order valence-corrected chi connectivity index (χ4v) is 3.50. The molecule has 7 nitrogen and oxygen atoms in total. The van der Waals surface area contributed by atoms with Crippen molar-refractivity contribution in [2.45, 2.75) is 51.6 Å². The predicted octanol–water partition coefficient (Wildman–Crippen LogP) is 4.43. The number of carbonyl (C=O) groups is 1. The van der Waals surface area contributed by atoms with Gasteiger partial charge in [0.25, 0.3) is 0 Å². The molecule has 0 aliphatic heterocycles. The highest BCUT2D eigenvalue weighted by Gasteiger charge is 2.31. The maximum atomic E-state index is 12.7. The van der Waals surface area contributed by atoms with Gasteiger partial charge in [0.1, 0.15) is 12.9 Å². The third-order valence-corrected chi connectivity index (χ3v) is 5.39. The second-order valence-electron chi connectivity index (χ2n) is 7.99. The van der Waals surface area contributed by atoms with Gasteiger partial charge in [0.2, 0.25) is 17.7 Å². The van der Waals surface area contributed by atoms with Crippen LogP contribution in [0.3, 0.4) is 0 Å². The molecule has 1 saturated carbocycles. The van der Waals surface area contributed by atoms with Crippen LogP contribution in [0.1, 0.15) is 37.8 Å². The fraction of sp³-hybridized carbons (Fsp3) is 0.500. The summed E-state index contributed by atoms with van der Waals surface area (Å²) in [4.78, 5) is 19.0. The number of nitrogens with one attached hydrogen (secondary N) is 1. The molecule has 0 unspecified atom stereocenters. The van der Waals surface area contributed by atoms with E-state index < -0.39 is 11.7 Å². The summed E-state index contributed by atoms with van der Waals surface area (Å²) in [6.45, 7) is 4.20. The van der Waals surface area contributed by atoms with E-state index in [2.05, 4.69) is 15.3 Å². The second-order valence-corrected chi connectivity index (χ2v) is 8.36. The second kappa shape index (κ2) is 11.0. The highest BCUT2D eigenvalue weighted by Crippen LogP contribution is 2.34. The smallest absolute Gasteiger partial charge is 0.416 e. The molecule has 0 radical (unpaired) electrons. The zero-order chi connectivity index (χ0) is 24.0. The van der Waals surface area contributed by atoms with Crippen molar-refractivity contribution >= 4 is 17.5 Å². The van der Waals surface area contributed by atoms with Crippen molar-refractivity contribution in [1.29, 1.82) is 0 Å². The Labute approximate surface area is 194 Å². The van der Waals surface area contributed by atoms with E-state index in [9.17, 15) is 18.0 Å². The Morgan fingerprint density at radius 3 is 2.42 bits per heavy atom. The third kappa shape index (κ3) is 7.46. The summed E-state index contributed by atoms with van der Waals surface area (Å²) in [5.74, 6) is 0.463. The Kier molecular flexibility index (Phi) is 8.36. The molecule has 0 bridgehead atoms. The number of rotatable bonds is 10. The molecular weight excluding hydrogens is 463 g/mol. The summed E-state index contributed by atoms with van der Waals surface area (Å²) in [5.41, 5.74) is -0.193. The Morgan fingerprint density at radius 1 is 1.18 bits per heavy atom. The monoisotopic (exact) mass is 487 g/mol. The molecule has 1 amide bonds. The van der Waals surface area contributed by atoms with Gasteiger partial charge in [-0.15, -0.1) is 0 Å². The molecule has 1 heterocycles. The molecule has 180 valence electrons. The lowest BCUT2D eigenvalue weighted by Gasteiger charge is -2.35. The number of halogens is 4. The molecule has 2 aromatic rings. The maximum absolute atomic E-state index is 12.7. The van der Waals surface area contributed by atoms with Crippen LogP contribution in [0.2, 0.25) is 5.02 Å². The van der Waals surface area contributed by atoms with Crippen LogP contribution in [0.15, 0.2) is 30.6 Å². The van der Waals surface area contributed by atoms with Gasteiger partial charge >= 0.3 is 6.18 Å². The quantitative estimate of drug-likeness (QED) is 0.534. The van der Waals surface area contributed by atoms with Crippen molar-refractivity contribution < 1.29 is 32.2 Å². The Morgan fingerprint density at radius 2 is 1.82 bits per heavy atom. The first-order valence-electron chi connectivity index (χ1n) is 10.4. The lowest BCUT2D eigenvalue weighted by atomic mass is 9.83. The number of amides is 1. The van der Waals surface area contributed by atoms with Crippen molar-refractivity contribution in [2.24, 2.45) is 5.92 Å². The lowest BCUT2D eigenvalue weighted by molar-refractivity contribution is -0.137. The first-order chi connectivity index (χ1) is 15.6. The number of aromatic nitrogens is 2. The van der Waals surface area contributed by atoms with E-state index in [1.165, 1.54) is 25.4 Å². The van der Waals surface area contributed by atoms with Gasteiger partial charge in [0.05, 0.1) is 24.9 Å². The first-order valence-corrected chi connectivity index (χ1v) is 10.8.